The van der Waals surface area contributed by atoms with E-state index in [1.165, 1.54) is 22.8 Å². The van der Waals surface area contributed by atoms with E-state index in [4.69, 9.17) is 0 Å². The van der Waals surface area contributed by atoms with Gasteiger partial charge in [0.25, 0.3) is 0 Å². The van der Waals surface area contributed by atoms with Crippen molar-refractivity contribution in [3.05, 3.63) is 24.1 Å². The van der Waals surface area contributed by atoms with Crippen LogP contribution in [0.3, 0.4) is 0 Å². The number of halogens is 1. The lowest BCUT2D eigenvalue weighted by molar-refractivity contribution is -0.116. The van der Waals surface area contributed by atoms with Gasteiger partial charge in [-0.3, -0.25) is 10.1 Å². The highest BCUT2D eigenvalue weighted by Gasteiger charge is 2.11. The van der Waals surface area contributed by atoms with Crippen molar-refractivity contribution < 1.29 is 9.18 Å². The molecule has 0 atom stereocenters. The summed E-state index contributed by atoms with van der Waals surface area (Å²) in [7, 11) is 0. The van der Waals surface area contributed by atoms with E-state index in [0.29, 0.717) is 12.1 Å². The molecule has 0 radical (unpaired) electrons. The largest absolute Gasteiger partial charge is 0.293 e. The number of aromatic nitrogens is 3. The molecule has 2 heterocycles. The van der Waals surface area contributed by atoms with E-state index in [-0.39, 0.29) is 16.6 Å². The smallest absolute Gasteiger partial charge is 0.249 e. The number of rotatable bonds is 5. The van der Waals surface area contributed by atoms with Gasteiger partial charge in [-0.1, -0.05) is 20.8 Å². The fraction of sp³-hybridized carbons (Fsp3) is 0.500. The highest BCUT2D eigenvalue weighted by Crippen LogP contribution is 2.24. The van der Waals surface area contributed by atoms with Crippen LogP contribution in [-0.2, 0) is 4.79 Å². The number of fused-ring (bicyclic) bond motifs is 1. The molecule has 21 heavy (non-hydrogen) atoms. The first-order chi connectivity index (χ1) is 9.83. The molecular formula is C14H19FN4OS. The summed E-state index contributed by atoms with van der Waals surface area (Å²) < 4.78 is 14.5. The first-order valence-electron chi connectivity index (χ1n) is 6.79. The summed E-state index contributed by atoms with van der Waals surface area (Å²) in [5, 5.41) is 6.64. The Morgan fingerprint density at radius 2 is 2.19 bits per heavy atom. The molecule has 0 spiro atoms. The molecule has 0 aliphatic heterocycles. The third-order valence-electron chi connectivity index (χ3n) is 2.63. The fourth-order valence-electron chi connectivity index (χ4n) is 1.71. The monoisotopic (exact) mass is 310 g/mol. The normalized spacial score (nSPS) is 11.8. The minimum atomic E-state index is -0.399. The highest BCUT2D eigenvalue weighted by molar-refractivity contribution is 8.00. The predicted molar refractivity (Wildman–Crippen MR) is 83.0 cm³/mol. The van der Waals surface area contributed by atoms with Crippen LogP contribution < -0.4 is 5.32 Å². The number of nitrogens with one attached hydrogen (secondary N) is 1. The maximum atomic E-state index is 13.0. The number of anilines is 1. The molecule has 1 amide bonds. The molecular weight excluding hydrogens is 291 g/mol. The summed E-state index contributed by atoms with van der Waals surface area (Å²) >= 11 is 1.83. The van der Waals surface area contributed by atoms with E-state index < -0.39 is 5.82 Å². The fourth-order valence-corrected chi connectivity index (χ4v) is 2.61. The van der Waals surface area contributed by atoms with Crippen molar-refractivity contribution >= 4 is 29.3 Å². The number of amides is 1. The zero-order chi connectivity index (χ0) is 15.5. The molecule has 0 aromatic carbocycles. The average molecular weight is 310 g/mol. The van der Waals surface area contributed by atoms with E-state index >= 15 is 0 Å². The topological polar surface area (TPSA) is 59.3 Å². The van der Waals surface area contributed by atoms with Crippen molar-refractivity contribution in [1.82, 2.24) is 14.6 Å². The Morgan fingerprint density at radius 3 is 2.90 bits per heavy atom. The van der Waals surface area contributed by atoms with Gasteiger partial charge in [-0.05, 0) is 24.3 Å². The third kappa shape index (κ3) is 5.00. The lowest BCUT2D eigenvalue weighted by atomic mass is 10.3. The van der Waals surface area contributed by atoms with Crippen LogP contribution in [0.15, 0.2) is 18.3 Å². The SMILES string of the molecule is CC(C)(C)SCCCC(=O)Nc1nc2ccc(F)cn2n1. The van der Waals surface area contributed by atoms with E-state index in [2.05, 4.69) is 36.2 Å². The van der Waals surface area contributed by atoms with Crippen LogP contribution in [0.5, 0.6) is 0 Å². The minimum absolute atomic E-state index is 0.124. The first-order valence-corrected chi connectivity index (χ1v) is 7.78. The molecule has 0 unspecified atom stereocenters. The quantitative estimate of drug-likeness (QED) is 0.862. The van der Waals surface area contributed by atoms with Crippen molar-refractivity contribution in [3.63, 3.8) is 0 Å². The van der Waals surface area contributed by atoms with Crippen molar-refractivity contribution in [2.75, 3.05) is 11.1 Å². The number of nitrogens with zero attached hydrogens (tertiary/aromatic N) is 3. The van der Waals surface area contributed by atoms with Crippen molar-refractivity contribution in [2.24, 2.45) is 0 Å². The van der Waals surface area contributed by atoms with Gasteiger partial charge < -0.3 is 0 Å². The summed E-state index contributed by atoms with van der Waals surface area (Å²) in [6, 6.07) is 2.82. The van der Waals surface area contributed by atoms with Crippen LogP contribution in [-0.4, -0.2) is 31.0 Å². The lowest BCUT2D eigenvalue weighted by Gasteiger charge is -2.16. The molecule has 5 nitrogen and oxygen atoms in total. The summed E-state index contributed by atoms with van der Waals surface area (Å²) in [5.74, 6) is 0.611. The standard InChI is InChI=1S/C14H19FN4OS/c1-14(2,3)21-8-4-5-12(20)17-13-16-11-7-6-10(15)9-19(11)18-13/h6-7,9H,4-5,8H2,1-3H3,(H,17,18,20). The van der Waals surface area contributed by atoms with Gasteiger partial charge in [0.05, 0.1) is 6.20 Å². The maximum absolute atomic E-state index is 13.0. The molecule has 0 aliphatic rings. The van der Waals surface area contributed by atoms with Crippen molar-refractivity contribution in [2.45, 2.75) is 38.4 Å². The highest BCUT2D eigenvalue weighted by atomic mass is 32.2. The minimum Gasteiger partial charge on any atom is -0.293 e. The molecule has 114 valence electrons. The summed E-state index contributed by atoms with van der Waals surface area (Å²) in [4.78, 5) is 15.9. The van der Waals surface area contributed by atoms with Crippen molar-refractivity contribution in [1.29, 1.82) is 0 Å². The van der Waals surface area contributed by atoms with Gasteiger partial charge in [-0.25, -0.2) is 8.91 Å². The van der Waals surface area contributed by atoms with Crippen LogP contribution in [0.25, 0.3) is 5.65 Å². The number of thioether (sulfide) groups is 1. The Hall–Kier alpha value is -1.63. The van der Waals surface area contributed by atoms with Crippen molar-refractivity contribution in [3.8, 4) is 0 Å². The summed E-state index contributed by atoms with van der Waals surface area (Å²) in [6.45, 7) is 6.45. The van der Waals surface area contributed by atoms with Gasteiger partial charge in [0, 0.05) is 11.2 Å². The van der Waals surface area contributed by atoms with E-state index in [9.17, 15) is 9.18 Å². The van der Waals surface area contributed by atoms with Crippen LogP contribution in [0, 0.1) is 5.82 Å². The Bertz CT molecular complexity index is 635. The second kappa shape index (κ2) is 6.43. The Balaban J connectivity index is 1.84. The van der Waals surface area contributed by atoms with Gasteiger partial charge in [-0.15, -0.1) is 5.10 Å². The lowest BCUT2D eigenvalue weighted by Crippen LogP contribution is -2.14. The Morgan fingerprint density at radius 1 is 1.43 bits per heavy atom. The molecule has 0 bridgehead atoms. The molecule has 2 aromatic rings. The molecule has 1 N–H and O–H groups in total. The van der Waals surface area contributed by atoms with Crippen LogP contribution in [0.2, 0.25) is 0 Å². The molecule has 0 aliphatic carbocycles. The molecule has 7 heteroatoms. The van der Waals surface area contributed by atoms with E-state index in [1.54, 1.807) is 0 Å². The Kier molecular flexibility index (Phi) is 4.82. The number of carbonyl (C=O) groups is 1. The zero-order valence-corrected chi connectivity index (χ0v) is 13.2. The average Bonchev–Trinajstić information content (AvgIpc) is 2.74. The van der Waals surface area contributed by atoms with E-state index in [0.717, 1.165) is 12.2 Å². The maximum Gasteiger partial charge on any atom is 0.249 e. The van der Waals surface area contributed by atoms with Gasteiger partial charge in [0.2, 0.25) is 11.9 Å². The van der Waals surface area contributed by atoms with Gasteiger partial charge in [-0.2, -0.15) is 16.7 Å². The molecule has 2 aromatic heterocycles. The molecule has 0 fully saturated rings. The van der Waals surface area contributed by atoms with Gasteiger partial charge in [0.15, 0.2) is 5.65 Å². The van der Waals surface area contributed by atoms with Crippen LogP contribution in [0.1, 0.15) is 33.6 Å². The first kappa shape index (κ1) is 15.8. The molecule has 0 saturated carbocycles. The predicted octanol–water partition coefficient (Wildman–Crippen LogP) is 3.12. The second-order valence-electron chi connectivity index (χ2n) is 5.70. The number of hydrogen-bond acceptors (Lipinski definition) is 4. The number of pyridine rings is 1. The summed E-state index contributed by atoms with van der Waals surface area (Å²) in [6.07, 6.45) is 2.45. The third-order valence-corrected chi connectivity index (χ3v) is 3.99. The van der Waals surface area contributed by atoms with E-state index in [1.807, 2.05) is 11.8 Å². The number of hydrogen-bond donors (Lipinski definition) is 1. The molecule has 0 saturated heterocycles. The zero-order valence-electron chi connectivity index (χ0n) is 12.4. The van der Waals surface area contributed by atoms with Crippen LogP contribution in [0.4, 0.5) is 10.3 Å². The Labute approximate surface area is 127 Å². The van der Waals surface area contributed by atoms with Gasteiger partial charge >= 0.3 is 0 Å². The second-order valence-corrected chi connectivity index (χ2v) is 7.62. The molecule has 2 rings (SSSR count). The van der Waals surface area contributed by atoms with Gasteiger partial charge in [0.1, 0.15) is 5.82 Å². The summed E-state index contributed by atoms with van der Waals surface area (Å²) in [5.41, 5.74) is 0.495. The number of carbonyl (C=O) groups excluding carboxylic acids is 1. The van der Waals surface area contributed by atoms with Crippen LogP contribution >= 0.6 is 11.8 Å².